The molecule has 0 saturated carbocycles. The smallest absolute Gasteiger partial charge is 0.330 e. The van der Waals surface area contributed by atoms with Gasteiger partial charge < -0.3 is 35.7 Å². The molecule has 0 saturated heterocycles. The van der Waals surface area contributed by atoms with Crippen molar-refractivity contribution in [1.82, 2.24) is 0 Å². The number of unbranched alkanes of at least 4 members (excludes halogenated alkanes) is 2. The lowest BCUT2D eigenvalue weighted by Crippen LogP contribution is -2.37. The van der Waals surface area contributed by atoms with Gasteiger partial charge >= 0.3 is 17.9 Å². The highest BCUT2D eigenvalue weighted by molar-refractivity contribution is 5.84. The monoisotopic (exact) mass is 510 g/mol. The third-order valence-electron chi connectivity index (χ3n) is 4.55. The average Bonchev–Trinajstić information content (AvgIpc) is 2.77. The molecule has 0 atom stereocenters. The van der Waals surface area contributed by atoms with E-state index in [-0.39, 0.29) is 5.57 Å². The summed E-state index contributed by atoms with van der Waals surface area (Å²) < 4.78 is 0. The SMILES string of the molecule is C=C(C)C(=O)O.CC(C)CCCCC(=O)O.CC(C)CCCCC(=O)O.OCC(CO)(CO)CO. The molecule has 0 aliphatic carbocycles. The van der Waals surface area contributed by atoms with Crippen molar-refractivity contribution in [3.05, 3.63) is 12.2 Å². The van der Waals surface area contributed by atoms with E-state index in [2.05, 4.69) is 34.3 Å². The van der Waals surface area contributed by atoms with E-state index in [1.165, 1.54) is 6.92 Å². The van der Waals surface area contributed by atoms with E-state index in [0.717, 1.165) is 38.5 Å². The van der Waals surface area contributed by atoms with Gasteiger partial charge in [0.15, 0.2) is 0 Å². The molecule has 35 heavy (non-hydrogen) atoms. The molecule has 0 bridgehead atoms. The fourth-order valence-electron chi connectivity index (χ4n) is 1.96. The zero-order chi connectivity index (χ0) is 28.4. The number of carbonyl (C=O) groups is 3. The maximum Gasteiger partial charge on any atom is 0.330 e. The molecule has 0 radical (unpaired) electrons. The number of hydrogen-bond acceptors (Lipinski definition) is 7. The Morgan fingerprint density at radius 3 is 1.03 bits per heavy atom. The number of rotatable bonds is 15. The first kappa shape index (κ1) is 40.2. The number of aliphatic hydroxyl groups excluding tert-OH is 4. The van der Waals surface area contributed by atoms with E-state index in [1.807, 2.05) is 0 Å². The second kappa shape index (κ2) is 26.6. The number of carboxylic acids is 3. The molecule has 0 rings (SSSR count). The Kier molecular flexibility index (Phi) is 30.5. The van der Waals surface area contributed by atoms with Crippen LogP contribution in [0.25, 0.3) is 0 Å². The van der Waals surface area contributed by atoms with Gasteiger partial charge in [-0.25, -0.2) is 4.79 Å². The third kappa shape index (κ3) is 36.7. The maximum atomic E-state index is 10.0. The fraction of sp³-hybridized carbons (Fsp3) is 0.800. The molecular formula is C25H50O10. The minimum Gasteiger partial charge on any atom is -0.481 e. The van der Waals surface area contributed by atoms with Crippen molar-refractivity contribution in [2.75, 3.05) is 26.4 Å². The lowest BCUT2D eigenvalue weighted by atomic mass is 9.93. The molecule has 0 spiro atoms. The quantitative estimate of drug-likeness (QED) is 0.127. The molecule has 0 aliphatic heterocycles. The first-order valence-corrected chi connectivity index (χ1v) is 11.9. The number of carboxylic acid groups (broad SMARTS) is 3. The standard InChI is InChI=1S/2C8H16O2.C5H12O4.C4H6O2/c2*1-7(2)5-3-4-6-8(9)10;6-1-5(2-7,3-8)4-9;1-3(2)4(5)6/h2*7H,3-6H2,1-2H3,(H,9,10);6-9H,1-4H2;1H2,2H3,(H,5,6). The van der Waals surface area contributed by atoms with E-state index < -0.39 is 49.8 Å². The zero-order valence-corrected chi connectivity index (χ0v) is 22.2. The van der Waals surface area contributed by atoms with Crippen LogP contribution in [-0.4, -0.2) is 80.1 Å². The Balaban J connectivity index is -0.000000186. The molecule has 210 valence electrons. The zero-order valence-electron chi connectivity index (χ0n) is 22.2. The lowest BCUT2D eigenvalue weighted by Gasteiger charge is -2.23. The van der Waals surface area contributed by atoms with Crippen molar-refractivity contribution in [1.29, 1.82) is 0 Å². The summed E-state index contributed by atoms with van der Waals surface area (Å²) in [6, 6.07) is 0. The molecule has 0 heterocycles. The van der Waals surface area contributed by atoms with Crippen LogP contribution >= 0.6 is 0 Å². The van der Waals surface area contributed by atoms with Gasteiger partial charge in [-0.2, -0.15) is 0 Å². The molecule has 0 aromatic rings. The van der Waals surface area contributed by atoms with Crippen molar-refractivity contribution in [2.45, 2.75) is 86.0 Å². The molecule has 0 aromatic carbocycles. The highest BCUT2D eigenvalue weighted by Gasteiger charge is 2.26. The molecular weight excluding hydrogens is 460 g/mol. The molecule has 0 fully saturated rings. The van der Waals surface area contributed by atoms with Crippen LogP contribution in [0.5, 0.6) is 0 Å². The Labute approximate surface area is 210 Å². The summed E-state index contributed by atoms with van der Waals surface area (Å²) in [7, 11) is 0. The second-order valence-electron chi connectivity index (χ2n) is 9.28. The van der Waals surface area contributed by atoms with E-state index in [4.69, 9.17) is 35.7 Å². The Morgan fingerprint density at radius 1 is 0.657 bits per heavy atom. The van der Waals surface area contributed by atoms with E-state index in [9.17, 15) is 14.4 Å². The summed E-state index contributed by atoms with van der Waals surface area (Å²) in [6.45, 7) is 11.6. The maximum absolute atomic E-state index is 10.0. The Bertz CT molecular complexity index is 485. The minimum absolute atomic E-state index is 0.176. The van der Waals surface area contributed by atoms with Gasteiger partial charge in [0.2, 0.25) is 0 Å². The lowest BCUT2D eigenvalue weighted by molar-refractivity contribution is -0.138. The molecule has 0 aliphatic rings. The fourth-order valence-corrected chi connectivity index (χ4v) is 1.96. The van der Waals surface area contributed by atoms with Crippen LogP contribution in [0.2, 0.25) is 0 Å². The topological polar surface area (TPSA) is 193 Å². The van der Waals surface area contributed by atoms with Crippen molar-refractivity contribution in [2.24, 2.45) is 17.3 Å². The minimum atomic E-state index is -1.11. The van der Waals surface area contributed by atoms with Gasteiger partial charge in [0, 0.05) is 18.4 Å². The van der Waals surface area contributed by atoms with E-state index >= 15 is 0 Å². The van der Waals surface area contributed by atoms with Crippen LogP contribution in [0, 0.1) is 17.3 Å². The normalized spacial score (nSPS) is 10.3. The molecule has 10 heteroatoms. The van der Waals surface area contributed by atoms with Gasteiger partial charge in [0.25, 0.3) is 0 Å². The van der Waals surface area contributed by atoms with Crippen molar-refractivity contribution in [3.8, 4) is 0 Å². The van der Waals surface area contributed by atoms with Crippen molar-refractivity contribution < 1.29 is 50.1 Å². The van der Waals surface area contributed by atoms with Gasteiger partial charge in [0.1, 0.15) is 0 Å². The number of hydrogen-bond donors (Lipinski definition) is 7. The van der Waals surface area contributed by atoms with Gasteiger partial charge in [-0.05, 0) is 31.6 Å². The molecule has 7 N–H and O–H groups in total. The third-order valence-corrected chi connectivity index (χ3v) is 4.55. The first-order valence-electron chi connectivity index (χ1n) is 11.9. The summed E-state index contributed by atoms with van der Waals surface area (Å²) in [5, 5.41) is 58.4. The van der Waals surface area contributed by atoms with Crippen LogP contribution in [0.3, 0.4) is 0 Å². The van der Waals surface area contributed by atoms with Gasteiger partial charge in [-0.3, -0.25) is 9.59 Å². The molecule has 10 nitrogen and oxygen atoms in total. The molecule has 0 amide bonds. The molecule has 0 aromatic heterocycles. The number of aliphatic hydroxyl groups is 4. The van der Waals surface area contributed by atoms with Gasteiger partial charge in [-0.1, -0.05) is 60.0 Å². The summed E-state index contributed by atoms with van der Waals surface area (Å²) in [6.07, 6.45) is 6.69. The largest absolute Gasteiger partial charge is 0.481 e. The predicted octanol–water partition coefficient (Wildman–Crippen LogP) is 3.16. The van der Waals surface area contributed by atoms with Gasteiger partial charge in [-0.15, -0.1) is 0 Å². The summed E-state index contributed by atoms with van der Waals surface area (Å²) >= 11 is 0. The first-order chi connectivity index (χ1) is 16.1. The Hall–Kier alpha value is -2.01. The predicted molar refractivity (Wildman–Crippen MR) is 135 cm³/mol. The van der Waals surface area contributed by atoms with E-state index in [1.54, 1.807) is 0 Å². The number of aliphatic carboxylic acids is 3. The van der Waals surface area contributed by atoms with Gasteiger partial charge in [0.05, 0.1) is 31.8 Å². The van der Waals surface area contributed by atoms with Crippen LogP contribution < -0.4 is 0 Å². The van der Waals surface area contributed by atoms with Crippen LogP contribution in [0.1, 0.15) is 86.0 Å². The molecule has 0 unspecified atom stereocenters. The Morgan fingerprint density at radius 2 is 0.914 bits per heavy atom. The highest BCUT2D eigenvalue weighted by atomic mass is 16.4. The summed E-state index contributed by atoms with van der Waals surface area (Å²) in [4.78, 5) is 29.7. The van der Waals surface area contributed by atoms with Crippen LogP contribution in [0.15, 0.2) is 12.2 Å². The van der Waals surface area contributed by atoms with Crippen LogP contribution in [-0.2, 0) is 14.4 Å². The van der Waals surface area contributed by atoms with Crippen molar-refractivity contribution >= 4 is 17.9 Å². The van der Waals surface area contributed by atoms with E-state index in [0.29, 0.717) is 24.7 Å². The van der Waals surface area contributed by atoms with Crippen LogP contribution in [0.4, 0.5) is 0 Å². The summed E-state index contributed by atoms with van der Waals surface area (Å²) in [5.74, 6) is -0.884. The second-order valence-corrected chi connectivity index (χ2v) is 9.28. The van der Waals surface area contributed by atoms with Crippen molar-refractivity contribution in [3.63, 3.8) is 0 Å². The summed E-state index contributed by atoms with van der Waals surface area (Å²) in [5.41, 5.74) is -0.935. The average molecular weight is 511 g/mol. The highest BCUT2D eigenvalue weighted by Crippen LogP contribution is 2.12.